The second kappa shape index (κ2) is 8.02. The molecule has 2 aromatic carbocycles. The van der Waals surface area contributed by atoms with Crippen molar-refractivity contribution < 1.29 is 18.7 Å². The minimum absolute atomic E-state index is 0.117. The first-order valence-corrected chi connectivity index (χ1v) is 10.4. The molecule has 1 aromatic heterocycles. The minimum Gasteiger partial charge on any atom is -0.493 e. The molecule has 3 aromatic rings. The molecule has 1 amide bonds. The maximum Gasteiger partial charge on any atom is 0.238 e. The number of ether oxygens (including phenoxy) is 2. The van der Waals surface area contributed by atoms with Crippen molar-refractivity contribution in [2.75, 3.05) is 19.5 Å². The van der Waals surface area contributed by atoms with Gasteiger partial charge in [0, 0.05) is 11.1 Å². The van der Waals surface area contributed by atoms with Crippen molar-refractivity contribution in [3.63, 3.8) is 0 Å². The summed E-state index contributed by atoms with van der Waals surface area (Å²) in [6, 6.07) is 11.7. The normalized spacial score (nSPS) is 18.4. The number of fused-ring (bicyclic) bond motifs is 1. The molecule has 0 saturated heterocycles. The molecular weight excluding hydrogens is 405 g/mol. The number of halogens is 1. The number of nitrogens with zero attached hydrogens (tertiary/aromatic N) is 2. The Balaban J connectivity index is 1.94. The largest absolute Gasteiger partial charge is 0.493 e. The Labute approximate surface area is 178 Å². The maximum atomic E-state index is 13.4. The third-order valence-electron chi connectivity index (χ3n) is 5.11. The Morgan fingerprint density at radius 3 is 2.53 bits per heavy atom. The van der Waals surface area contributed by atoms with Crippen LogP contribution in [0.4, 0.5) is 10.2 Å². The molecular formula is C22H22FN3O3S. The van der Waals surface area contributed by atoms with E-state index < -0.39 is 0 Å². The number of nitrogens with one attached hydrogen (secondary N) is 1. The van der Waals surface area contributed by atoms with E-state index in [2.05, 4.69) is 10.4 Å². The number of amides is 1. The van der Waals surface area contributed by atoms with Gasteiger partial charge in [-0.15, -0.1) is 11.8 Å². The van der Waals surface area contributed by atoms with Gasteiger partial charge in [0.1, 0.15) is 11.6 Å². The van der Waals surface area contributed by atoms with Gasteiger partial charge >= 0.3 is 0 Å². The molecule has 0 unspecified atom stereocenters. The smallest absolute Gasteiger partial charge is 0.238 e. The highest BCUT2D eigenvalue weighted by molar-refractivity contribution is 8.01. The molecule has 4 rings (SSSR count). The zero-order valence-electron chi connectivity index (χ0n) is 17.1. The molecule has 2 heterocycles. The number of benzene rings is 2. The molecule has 1 aliphatic heterocycles. The highest BCUT2D eigenvalue weighted by atomic mass is 32.2. The molecule has 0 saturated carbocycles. The van der Waals surface area contributed by atoms with Crippen LogP contribution >= 0.6 is 11.8 Å². The average molecular weight is 428 g/mol. The van der Waals surface area contributed by atoms with Crippen LogP contribution < -0.4 is 14.8 Å². The molecule has 156 valence electrons. The van der Waals surface area contributed by atoms with Gasteiger partial charge in [0.25, 0.3) is 0 Å². The van der Waals surface area contributed by atoms with Crippen molar-refractivity contribution in [3.05, 3.63) is 65.1 Å². The van der Waals surface area contributed by atoms with E-state index in [1.54, 1.807) is 31.0 Å². The van der Waals surface area contributed by atoms with Crippen molar-refractivity contribution in [2.45, 2.75) is 24.3 Å². The van der Waals surface area contributed by atoms with E-state index in [1.807, 2.05) is 32.0 Å². The van der Waals surface area contributed by atoms with E-state index in [-0.39, 0.29) is 22.2 Å². The Morgan fingerprint density at radius 2 is 1.87 bits per heavy atom. The molecule has 0 spiro atoms. The van der Waals surface area contributed by atoms with Crippen LogP contribution in [0.2, 0.25) is 0 Å². The van der Waals surface area contributed by atoms with Crippen molar-refractivity contribution in [3.8, 4) is 17.2 Å². The average Bonchev–Trinajstić information content (AvgIpc) is 2.99. The van der Waals surface area contributed by atoms with Gasteiger partial charge in [0.15, 0.2) is 11.5 Å². The minimum atomic E-state index is -0.332. The van der Waals surface area contributed by atoms with Crippen LogP contribution in [-0.4, -0.2) is 35.2 Å². The van der Waals surface area contributed by atoms with Gasteiger partial charge in [-0.25, -0.2) is 9.07 Å². The van der Waals surface area contributed by atoms with Crippen molar-refractivity contribution >= 4 is 23.5 Å². The fourth-order valence-corrected chi connectivity index (χ4v) is 4.98. The monoisotopic (exact) mass is 427 g/mol. The van der Waals surface area contributed by atoms with Crippen LogP contribution in [0, 0.1) is 12.7 Å². The van der Waals surface area contributed by atoms with E-state index in [0.717, 1.165) is 16.8 Å². The third kappa shape index (κ3) is 3.41. The summed E-state index contributed by atoms with van der Waals surface area (Å²) in [5, 5.41) is 7.16. The number of rotatable bonds is 4. The third-order valence-corrected chi connectivity index (χ3v) is 6.49. The molecule has 1 aliphatic rings. The molecule has 0 aliphatic carbocycles. The summed E-state index contributed by atoms with van der Waals surface area (Å²) >= 11 is 1.52. The predicted octanol–water partition coefficient (Wildman–Crippen LogP) is 4.50. The van der Waals surface area contributed by atoms with Gasteiger partial charge in [0.2, 0.25) is 5.91 Å². The lowest BCUT2D eigenvalue weighted by Gasteiger charge is -2.21. The molecule has 6 nitrogen and oxygen atoms in total. The maximum absolute atomic E-state index is 13.4. The standard InChI is InChI=1S/C22H22FN3O3S/c1-12-18-20(16-6-5-7-17(28-3)19(16)29-4)30-13(2)22(27)24-21(18)26(25-12)15-10-8-14(23)9-11-15/h5-11,13,20H,1-4H3,(H,24,27)/t13-,20-/m1/s1. The van der Waals surface area contributed by atoms with Gasteiger partial charge in [-0.2, -0.15) is 5.10 Å². The first-order chi connectivity index (χ1) is 14.4. The summed E-state index contributed by atoms with van der Waals surface area (Å²) in [5.41, 5.74) is 3.21. The van der Waals surface area contributed by atoms with Crippen molar-refractivity contribution in [1.82, 2.24) is 9.78 Å². The first kappa shape index (κ1) is 20.3. The van der Waals surface area contributed by atoms with Gasteiger partial charge in [0.05, 0.1) is 36.1 Å². The number of carbonyl (C=O) groups is 1. The second-order valence-electron chi connectivity index (χ2n) is 6.97. The van der Waals surface area contributed by atoms with Crippen LogP contribution in [0.1, 0.15) is 29.0 Å². The van der Waals surface area contributed by atoms with Crippen LogP contribution in [0.25, 0.3) is 5.69 Å². The van der Waals surface area contributed by atoms with Crippen LogP contribution in [-0.2, 0) is 4.79 Å². The summed E-state index contributed by atoms with van der Waals surface area (Å²) in [4.78, 5) is 12.8. The number of para-hydroxylation sites is 1. The zero-order valence-corrected chi connectivity index (χ0v) is 17.9. The number of aromatic nitrogens is 2. The molecule has 30 heavy (non-hydrogen) atoms. The quantitative estimate of drug-likeness (QED) is 0.664. The topological polar surface area (TPSA) is 65.4 Å². The van der Waals surface area contributed by atoms with Gasteiger partial charge in [-0.05, 0) is 44.2 Å². The zero-order chi connectivity index (χ0) is 21.4. The molecule has 0 bridgehead atoms. The van der Waals surface area contributed by atoms with Gasteiger partial charge < -0.3 is 14.8 Å². The summed E-state index contributed by atoms with van der Waals surface area (Å²) in [6.07, 6.45) is 0. The Kier molecular flexibility index (Phi) is 5.42. The number of hydrogen-bond acceptors (Lipinski definition) is 5. The van der Waals surface area contributed by atoms with E-state index in [0.29, 0.717) is 23.0 Å². The predicted molar refractivity (Wildman–Crippen MR) is 115 cm³/mol. The fraction of sp³-hybridized carbons (Fsp3) is 0.273. The number of methoxy groups -OCH3 is 2. The lowest BCUT2D eigenvalue weighted by molar-refractivity contribution is -0.115. The van der Waals surface area contributed by atoms with Crippen LogP contribution in [0.3, 0.4) is 0 Å². The van der Waals surface area contributed by atoms with Crippen LogP contribution in [0.5, 0.6) is 11.5 Å². The summed E-state index contributed by atoms with van der Waals surface area (Å²) in [6.45, 7) is 3.78. The number of carbonyl (C=O) groups excluding carboxylic acids is 1. The number of aryl methyl sites for hydroxylation is 1. The highest BCUT2D eigenvalue weighted by Gasteiger charge is 2.35. The number of thioether (sulfide) groups is 1. The van der Waals surface area contributed by atoms with Crippen molar-refractivity contribution in [2.24, 2.45) is 0 Å². The molecule has 0 fully saturated rings. The molecule has 1 N–H and O–H groups in total. The fourth-order valence-electron chi connectivity index (χ4n) is 3.64. The van der Waals surface area contributed by atoms with E-state index in [4.69, 9.17) is 9.47 Å². The summed E-state index contributed by atoms with van der Waals surface area (Å²) in [5.74, 6) is 1.38. The van der Waals surface area contributed by atoms with E-state index in [1.165, 1.54) is 23.9 Å². The lowest BCUT2D eigenvalue weighted by atomic mass is 10.0. The number of hydrogen-bond donors (Lipinski definition) is 1. The van der Waals surface area contributed by atoms with Gasteiger partial charge in [-0.1, -0.05) is 12.1 Å². The SMILES string of the molecule is COc1cccc([C@H]2S[C@H](C)C(=O)Nc3c2c(C)nn3-c2ccc(F)cc2)c1OC. The van der Waals surface area contributed by atoms with Crippen molar-refractivity contribution in [1.29, 1.82) is 0 Å². The number of anilines is 1. The molecule has 8 heteroatoms. The lowest BCUT2D eigenvalue weighted by Crippen LogP contribution is -2.22. The van der Waals surface area contributed by atoms with Gasteiger partial charge in [-0.3, -0.25) is 4.79 Å². The van der Waals surface area contributed by atoms with E-state index in [9.17, 15) is 9.18 Å². The summed E-state index contributed by atoms with van der Waals surface area (Å²) in [7, 11) is 3.20. The summed E-state index contributed by atoms with van der Waals surface area (Å²) < 4.78 is 26.2. The second-order valence-corrected chi connectivity index (χ2v) is 8.42. The Morgan fingerprint density at radius 1 is 1.13 bits per heavy atom. The first-order valence-electron chi connectivity index (χ1n) is 9.47. The Hall–Kier alpha value is -3.00. The molecule has 0 radical (unpaired) electrons. The Bertz CT molecular complexity index is 1100. The van der Waals surface area contributed by atoms with Crippen LogP contribution in [0.15, 0.2) is 42.5 Å². The molecule has 2 atom stereocenters. The van der Waals surface area contributed by atoms with E-state index >= 15 is 0 Å². The highest BCUT2D eigenvalue weighted by Crippen LogP contribution is 2.50.